The Bertz CT molecular complexity index is 769. The van der Waals surface area contributed by atoms with Gasteiger partial charge in [-0.15, -0.1) is 0 Å². The fourth-order valence-corrected chi connectivity index (χ4v) is 4.09. The Morgan fingerprint density at radius 2 is 1.78 bits per heavy atom. The standard InChI is InChI=1S/C21H30BrN5/c1-14-15(2)24-21(26-20(14)27(3)4)25-19-10-8-18(9-11-19)23-13-16-6-5-7-17(22)12-16/h5-7,12,18-19,23H,8-11,13H2,1-4H3,(H,24,25,26)/t18-,19+. The summed E-state index contributed by atoms with van der Waals surface area (Å²) in [6, 6.07) is 9.54. The number of benzene rings is 1. The van der Waals surface area contributed by atoms with Gasteiger partial charge in [0.25, 0.3) is 0 Å². The minimum absolute atomic E-state index is 0.450. The van der Waals surface area contributed by atoms with Crippen molar-refractivity contribution in [2.45, 2.75) is 58.2 Å². The zero-order chi connectivity index (χ0) is 19.4. The van der Waals surface area contributed by atoms with Crippen LogP contribution in [0.3, 0.4) is 0 Å². The van der Waals surface area contributed by atoms with Crippen LogP contribution in [0.1, 0.15) is 42.5 Å². The molecule has 3 rings (SSSR count). The topological polar surface area (TPSA) is 53.1 Å². The first-order valence-corrected chi connectivity index (χ1v) is 10.5. The van der Waals surface area contributed by atoms with E-state index >= 15 is 0 Å². The van der Waals surface area contributed by atoms with Crippen molar-refractivity contribution in [2.24, 2.45) is 0 Å². The number of nitrogens with zero attached hydrogens (tertiary/aromatic N) is 3. The first-order chi connectivity index (χ1) is 12.9. The van der Waals surface area contributed by atoms with Gasteiger partial charge in [-0.1, -0.05) is 28.1 Å². The predicted octanol–water partition coefficient (Wildman–Crippen LogP) is 4.43. The molecular formula is C21H30BrN5. The van der Waals surface area contributed by atoms with Crippen LogP contribution in [0.15, 0.2) is 28.7 Å². The van der Waals surface area contributed by atoms with Gasteiger partial charge in [-0.3, -0.25) is 0 Å². The van der Waals surface area contributed by atoms with E-state index in [-0.39, 0.29) is 0 Å². The maximum absolute atomic E-state index is 4.71. The number of hydrogen-bond acceptors (Lipinski definition) is 5. The minimum Gasteiger partial charge on any atom is -0.362 e. The highest BCUT2D eigenvalue weighted by Gasteiger charge is 2.22. The summed E-state index contributed by atoms with van der Waals surface area (Å²) in [6.07, 6.45) is 4.64. The van der Waals surface area contributed by atoms with Crippen LogP contribution in [0.2, 0.25) is 0 Å². The summed E-state index contributed by atoms with van der Waals surface area (Å²) in [7, 11) is 4.06. The zero-order valence-electron chi connectivity index (χ0n) is 16.7. The van der Waals surface area contributed by atoms with Gasteiger partial charge in [-0.2, -0.15) is 4.98 Å². The van der Waals surface area contributed by atoms with E-state index in [4.69, 9.17) is 4.98 Å². The molecule has 1 aliphatic carbocycles. The number of aryl methyl sites for hydroxylation is 1. The van der Waals surface area contributed by atoms with Gasteiger partial charge < -0.3 is 15.5 Å². The van der Waals surface area contributed by atoms with E-state index in [9.17, 15) is 0 Å². The second-order valence-electron chi connectivity index (χ2n) is 7.68. The summed E-state index contributed by atoms with van der Waals surface area (Å²) in [6.45, 7) is 5.06. The van der Waals surface area contributed by atoms with Crippen LogP contribution in [0.4, 0.5) is 11.8 Å². The average molecular weight is 432 g/mol. The smallest absolute Gasteiger partial charge is 0.225 e. The monoisotopic (exact) mass is 431 g/mol. The van der Waals surface area contributed by atoms with Crippen LogP contribution in [-0.2, 0) is 6.54 Å². The van der Waals surface area contributed by atoms with Gasteiger partial charge in [-0.25, -0.2) is 4.98 Å². The Labute approximate surface area is 171 Å². The van der Waals surface area contributed by atoms with Crippen molar-refractivity contribution in [3.8, 4) is 0 Å². The van der Waals surface area contributed by atoms with E-state index in [0.29, 0.717) is 12.1 Å². The van der Waals surface area contributed by atoms with Gasteiger partial charge in [0.1, 0.15) is 5.82 Å². The summed E-state index contributed by atoms with van der Waals surface area (Å²) in [4.78, 5) is 11.4. The van der Waals surface area contributed by atoms with Crippen LogP contribution in [-0.4, -0.2) is 36.1 Å². The van der Waals surface area contributed by atoms with Crippen LogP contribution >= 0.6 is 15.9 Å². The molecule has 2 aromatic rings. The molecule has 1 saturated carbocycles. The van der Waals surface area contributed by atoms with Gasteiger partial charge >= 0.3 is 0 Å². The lowest BCUT2D eigenvalue weighted by Gasteiger charge is -2.30. The molecular weight excluding hydrogens is 402 g/mol. The van der Waals surface area contributed by atoms with Crippen LogP contribution in [0.25, 0.3) is 0 Å². The second kappa shape index (κ2) is 9.02. The van der Waals surface area contributed by atoms with E-state index in [0.717, 1.165) is 46.9 Å². The van der Waals surface area contributed by atoms with E-state index in [2.05, 4.69) is 74.6 Å². The van der Waals surface area contributed by atoms with Crippen LogP contribution in [0.5, 0.6) is 0 Å². The second-order valence-corrected chi connectivity index (χ2v) is 8.60. The van der Waals surface area contributed by atoms with Crippen molar-refractivity contribution < 1.29 is 0 Å². The summed E-state index contributed by atoms with van der Waals surface area (Å²) in [5.41, 5.74) is 3.51. The SMILES string of the molecule is Cc1nc(N[C@H]2CC[C@@H](NCc3cccc(Br)c3)CC2)nc(N(C)C)c1C. The lowest BCUT2D eigenvalue weighted by Crippen LogP contribution is -2.37. The van der Waals surface area contributed by atoms with Gasteiger partial charge in [0.05, 0.1) is 0 Å². The molecule has 0 spiro atoms. The molecule has 0 radical (unpaired) electrons. The minimum atomic E-state index is 0.450. The van der Waals surface area contributed by atoms with Crippen LogP contribution in [0, 0.1) is 13.8 Å². The Morgan fingerprint density at radius 1 is 1.07 bits per heavy atom. The highest BCUT2D eigenvalue weighted by atomic mass is 79.9. The number of halogens is 1. The zero-order valence-corrected chi connectivity index (χ0v) is 18.3. The number of nitrogens with one attached hydrogen (secondary N) is 2. The Morgan fingerprint density at radius 3 is 2.44 bits per heavy atom. The highest BCUT2D eigenvalue weighted by Crippen LogP contribution is 2.24. The fourth-order valence-electron chi connectivity index (χ4n) is 3.65. The highest BCUT2D eigenvalue weighted by molar-refractivity contribution is 9.10. The van der Waals surface area contributed by atoms with E-state index in [1.807, 2.05) is 14.1 Å². The van der Waals surface area contributed by atoms with Crippen molar-refractivity contribution in [3.63, 3.8) is 0 Å². The number of hydrogen-bond donors (Lipinski definition) is 2. The molecule has 5 nitrogen and oxygen atoms in total. The average Bonchev–Trinajstić information content (AvgIpc) is 2.64. The maximum atomic E-state index is 4.71. The van der Waals surface area contributed by atoms with Crippen molar-refractivity contribution in [2.75, 3.05) is 24.3 Å². The quantitative estimate of drug-likeness (QED) is 0.707. The van der Waals surface area contributed by atoms with Gasteiger partial charge in [0.15, 0.2) is 0 Å². The Hall–Kier alpha value is -1.66. The number of anilines is 2. The van der Waals surface area contributed by atoms with Crippen molar-refractivity contribution in [3.05, 3.63) is 45.6 Å². The molecule has 6 heteroatoms. The molecule has 1 aromatic heterocycles. The molecule has 0 unspecified atom stereocenters. The third kappa shape index (κ3) is 5.42. The Balaban J connectivity index is 1.51. The molecule has 1 aliphatic rings. The molecule has 1 heterocycles. The maximum Gasteiger partial charge on any atom is 0.225 e. The summed E-state index contributed by atoms with van der Waals surface area (Å²) in [5.74, 6) is 1.75. The first kappa shape index (κ1) is 20.1. The molecule has 0 amide bonds. The number of aromatic nitrogens is 2. The largest absolute Gasteiger partial charge is 0.362 e. The van der Waals surface area contributed by atoms with Gasteiger partial charge in [0, 0.05) is 48.5 Å². The lowest BCUT2D eigenvalue weighted by molar-refractivity contribution is 0.352. The summed E-state index contributed by atoms with van der Waals surface area (Å²) >= 11 is 3.54. The number of rotatable bonds is 6. The van der Waals surface area contributed by atoms with E-state index in [1.165, 1.54) is 18.4 Å². The molecule has 0 aliphatic heterocycles. The van der Waals surface area contributed by atoms with E-state index < -0.39 is 0 Å². The molecule has 1 aromatic carbocycles. The van der Waals surface area contributed by atoms with Crippen molar-refractivity contribution in [1.29, 1.82) is 0 Å². The van der Waals surface area contributed by atoms with E-state index in [1.54, 1.807) is 0 Å². The molecule has 146 valence electrons. The molecule has 1 fully saturated rings. The third-order valence-electron chi connectivity index (χ3n) is 5.33. The van der Waals surface area contributed by atoms with Crippen LogP contribution < -0.4 is 15.5 Å². The van der Waals surface area contributed by atoms with Crippen molar-refractivity contribution in [1.82, 2.24) is 15.3 Å². The molecule has 0 saturated heterocycles. The summed E-state index contributed by atoms with van der Waals surface area (Å²) in [5, 5.41) is 7.27. The fraction of sp³-hybridized carbons (Fsp3) is 0.524. The van der Waals surface area contributed by atoms with Gasteiger partial charge in [-0.05, 0) is 57.2 Å². The summed E-state index contributed by atoms with van der Waals surface area (Å²) < 4.78 is 1.14. The first-order valence-electron chi connectivity index (χ1n) is 9.69. The Kier molecular flexibility index (Phi) is 6.71. The molecule has 2 N–H and O–H groups in total. The van der Waals surface area contributed by atoms with Gasteiger partial charge in [0.2, 0.25) is 5.95 Å². The normalized spacial score (nSPS) is 19.7. The predicted molar refractivity (Wildman–Crippen MR) is 116 cm³/mol. The molecule has 0 atom stereocenters. The third-order valence-corrected chi connectivity index (χ3v) is 5.82. The molecule has 0 bridgehead atoms. The molecule has 27 heavy (non-hydrogen) atoms. The van der Waals surface area contributed by atoms with Crippen molar-refractivity contribution >= 4 is 27.7 Å². The lowest BCUT2D eigenvalue weighted by atomic mass is 9.91.